The molecule has 0 amide bonds. The smallest absolute Gasteiger partial charge is 0.260 e. The van der Waals surface area contributed by atoms with Crippen LogP contribution in [0.25, 0.3) is 38.6 Å². The van der Waals surface area contributed by atoms with E-state index in [4.69, 9.17) is 15.9 Å². The minimum atomic E-state index is 0.0895. The van der Waals surface area contributed by atoms with Crippen molar-refractivity contribution in [2.75, 3.05) is 0 Å². The average molecular weight is 575 g/mol. The number of aromatic nitrogens is 1. The number of nitrogens with zero attached hydrogens (tertiary/aromatic N) is 1. The van der Waals surface area contributed by atoms with E-state index in [1.807, 2.05) is 12.1 Å². The molecule has 0 aliphatic carbocycles. The molecule has 0 atom stereocenters. The topological polar surface area (TPSA) is 23.4 Å². The summed E-state index contributed by atoms with van der Waals surface area (Å²) in [5.41, 5.74) is 9.19. The summed E-state index contributed by atoms with van der Waals surface area (Å²) in [5, 5.41) is 2.53. The van der Waals surface area contributed by atoms with E-state index in [0.717, 1.165) is 45.3 Å². The van der Waals surface area contributed by atoms with E-state index in [9.17, 15) is 0 Å². The summed E-state index contributed by atoms with van der Waals surface area (Å²) in [6.07, 6.45) is 4.72. The Hall–Kier alpha value is -6.10. The van der Waals surface area contributed by atoms with E-state index >= 15 is 0 Å². The van der Waals surface area contributed by atoms with Crippen LogP contribution in [-0.4, -0.2) is 11.3 Å². The third-order valence-corrected chi connectivity index (χ3v) is 8.53. The molecule has 0 unspecified atom stereocenters. The van der Waals surface area contributed by atoms with Crippen LogP contribution < -0.4 is 25.9 Å². The maximum atomic E-state index is 6.50. The number of para-hydroxylation sites is 4. The van der Waals surface area contributed by atoms with Gasteiger partial charge in [0.1, 0.15) is 23.0 Å². The van der Waals surface area contributed by atoms with Crippen molar-refractivity contribution >= 4 is 44.9 Å². The fraction of sp³-hybridized carbons (Fsp3) is 0.0244. The largest absolute Gasteiger partial charge is 0.458 e. The number of terminal acetylenes is 1. The second-order valence-electron chi connectivity index (χ2n) is 11.0. The molecule has 2 aliphatic rings. The van der Waals surface area contributed by atoms with E-state index in [-0.39, 0.29) is 6.71 Å². The highest BCUT2D eigenvalue weighted by Gasteiger charge is 2.40. The van der Waals surface area contributed by atoms with Gasteiger partial charge in [-0.1, -0.05) is 90.8 Å². The van der Waals surface area contributed by atoms with Crippen LogP contribution in [0.15, 0.2) is 133 Å². The van der Waals surface area contributed by atoms with Crippen molar-refractivity contribution in [3.63, 3.8) is 0 Å². The molecule has 45 heavy (non-hydrogen) atoms. The van der Waals surface area contributed by atoms with Gasteiger partial charge in [-0.15, -0.1) is 6.42 Å². The van der Waals surface area contributed by atoms with Gasteiger partial charge in [0.25, 0.3) is 6.71 Å². The molecular weight excluding hydrogens is 549 g/mol. The van der Waals surface area contributed by atoms with E-state index < -0.39 is 0 Å². The summed E-state index contributed by atoms with van der Waals surface area (Å²) in [7, 11) is 0. The number of benzene rings is 6. The van der Waals surface area contributed by atoms with Gasteiger partial charge in [0.15, 0.2) is 0 Å². The fourth-order valence-electron chi connectivity index (χ4n) is 6.64. The molecule has 0 N–H and O–H groups in total. The van der Waals surface area contributed by atoms with Gasteiger partial charge in [-0.25, -0.2) is 0 Å². The van der Waals surface area contributed by atoms with E-state index in [0.29, 0.717) is 0 Å². The van der Waals surface area contributed by atoms with Crippen LogP contribution in [0, 0.1) is 24.2 Å². The van der Waals surface area contributed by atoms with Crippen LogP contribution in [0.4, 0.5) is 0 Å². The van der Waals surface area contributed by atoms with E-state index in [2.05, 4.69) is 144 Å². The predicted molar refractivity (Wildman–Crippen MR) is 186 cm³/mol. The molecule has 2 aliphatic heterocycles. The predicted octanol–water partition coefficient (Wildman–Crippen LogP) is 7.82. The van der Waals surface area contributed by atoms with Gasteiger partial charge in [0, 0.05) is 21.9 Å². The monoisotopic (exact) mass is 575 g/mol. The van der Waals surface area contributed by atoms with Crippen molar-refractivity contribution < 1.29 is 9.47 Å². The van der Waals surface area contributed by atoms with Gasteiger partial charge in [-0.2, -0.15) is 0 Å². The molecule has 6 aromatic carbocycles. The molecule has 0 bridgehead atoms. The molecule has 9 rings (SSSR count). The van der Waals surface area contributed by atoms with E-state index in [1.54, 1.807) is 6.92 Å². The molecule has 1 aromatic heterocycles. The van der Waals surface area contributed by atoms with Crippen molar-refractivity contribution in [3.05, 3.63) is 133 Å². The van der Waals surface area contributed by atoms with Crippen LogP contribution in [0.3, 0.4) is 0 Å². The van der Waals surface area contributed by atoms with Gasteiger partial charge in [0.05, 0.1) is 11.0 Å². The molecule has 0 spiro atoms. The Balaban J connectivity index is 0.000000560. The van der Waals surface area contributed by atoms with Crippen molar-refractivity contribution in [1.29, 1.82) is 0 Å². The molecule has 210 valence electrons. The zero-order chi connectivity index (χ0) is 30.3. The summed E-state index contributed by atoms with van der Waals surface area (Å²) in [5.74, 6) is 10.6. The standard InChI is InChI=1S/C36H22BNO2.C5H4/c1-5-13-30-26(9-1)27-10-2-6-14-31(27)38(30)25-19-17-23(18-20-25)24-21-34-36-35(22-24)40-33-16-8-4-12-29(33)37(36)28-11-3-7-15-32(28)39-34;1-3-5-4-2/h1-22H;1H,2H3. The summed E-state index contributed by atoms with van der Waals surface area (Å²) >= 11 is 0. The lowest BCUT2D eigenvalue weighted by Crippen LogP contribution is -2.57. The average Bonchev–Trinajstić information content (AvgIpc) is 3.43. The Bertz CT molecular complexity index is 2240. The molecule has 0 saturated heterocycles. The highest BCUT2D eigenvalue weighted by Crippen LogP contribution is 2.39. The number of rotatable bonds is 2. The van der Waals surface area contributed by atoms with Crippen molar-refractivity contribution in [3.8, 4) is 64.0 Å². The molecule has 3 heterocycles. The maximum Gasteiger partial charge on any atom is 0.260 e. The van der Waals surface area contributed by atoms with Gasteiger partial charge < -0.3 is 14.0 Å². The minimum Gasteiger partial charge on any atom is -0.458 e. The quantitative estimate of drug-likeness (QED) is 0.155. The van der Waals surface area contributed by atoms with Crippen LogP contribution >= 0.6 is 0 Å². The zero-order valence-electron chi connectivity index (χ0n) is 24.6. The second kappa shape index (κ2) is 10.9. The zero-order valence-corrected chi connectivity index (χ0v) is 24.6. The third kappa shape index (κ3) is 4.36. The second-order valence-corrected chi connectivity index (χ2v) is 11.0. The molecule has 0 fully saturated rings. The summed E-state index contributed by atoms with van der Waals surface area (Å²) < 4.78 is 15.3. The first-order chi connectivity index (χ1) is 22.2. The summed E-state index contributed by atoms with van der Waals surface area (Å²) in [6, 6.07) is 47.0. The highest BCUT2D eigenvalue weighted by atomic mass is 16.5. The first kappa shape index (κ1) is 26.5. The fourth-order valence-corrected chi connectivity index (χ4v) is 6.64. The number of hydrogen-bond donors (Lipinski definition) is 0. The Morgan fingerprint density at radius 1 is 0.578 bits per heavy atom. The van der Waals surface area contributed by atoms with Crippen LogP contribution in [0.1, 0.15) is 6.92 Å². The van der Waals surface area contributed by atoms with Gasteiger partial charge >= 0.3 is 0 Å². The summed E-state index contributed by atoms with van der Waals surface area (Å²) in [4.78, 5) is 0. The third-order valence-electron chi connectivity index (χ3n) is 8.53. The SMILES string of the molecule is C#CC#CC.c1ccc2c(c1)Oc1cc(-c3ccc(-n4c5ccccc5c5ccccc54)cc3)cc3c1B2c1ccccc1O3. The van der Waals surface area contributed by atoms with E-state index in [1.165, 1.54) is 32.7 Å². The Morgan fingerprint density at radius 3 is 1.60 bits per heavy atom. The number of ether oxygens (including phenoxy) is 2. The lowest BCUT2D eigenvalue weighted by Gasteiger charge is -2.33. The van der Waals surface area contributed by atoms with Crippen molar-refractivity contribution in [1.82, 2.24) is 4.57 Å². The first-order valence-electron chi connectivity index (χ1n) is 14.9. The Labute approximate surface area is 262 Å². The first-order valence-corrected chi connectivity index (χ1v) is 14.9. The lowest BCUT2D eigenvalue weighted by atomic mass is 9.35. The molecule has 0 radical (unpaired) electrons. The van der Waals surface area contributed by atoms with Gasteiger partial charge in [0.2, 0.25) is 0 Å². The molecular formula is C41H26BNO2. The number of hydrogen-bond acceptors (Lipinski definition) is 2. The van der Waals surface area contributed by atoms with Gasteiger partial charge in [-0.3, -0.25) is 0 Å². The maximum absolute atomic E-state index is 6.50. The molecule has 4 heteroatoms. The molecule has 0 saturated carbocycles. The van der Waals surface area contributed by atoms with Crippen LogP contribution in [-0.2, 0) is 0 Å². The molecule has 7 aromatic rings. The minimum absolute atomic E-state index is 0.0895. The molecule has 3 nitrogen and oxygen atoms in total. The number of fused-ring (bicyclic) bond motifs is 7. The summed E-state index contributed by atoms with van der Waals surface area (Å²) in [6.45, 7) is 1.80. The van der Waals surface area contributed by atoms with Crippen LogP contribution in [0.2, 0.25) is 0 Å². The van der Waals surface area contributed by atoms with Crippen molar-refractivity contribution in [2.24, 2.45) is 0 Å². The normalized spacial score (nSPS) is 11.8. The van der Waals surface area contributed by atoms with Gasteiger partial charge in [-0.05, 0) is 89.3 Å². The Morgan fingerprint density at radius 2 is 1.09 bits per heavy atom. The Kier molecular flexibility index (Phi) is 6.41. The lowest BCUT2D eigenvalue weighted by molar-refractivity contribution is 0.465. The van der Waals surface area contributed by atoms with Crippen LogP contribution in [0.5, 0.6) is 23.0 Å². The highest BCUT2D eigenvalue weighted by molar-refractivity contribution is 6.98. The van der Waals surface area contributed by atoms with Crippen molar-refractivity contribution in [2.45, 2.75) is 6.92 Å².